The largest absolute Gasteiger partial charge is 0.381 e. The Morgan fingerprint density at radius 1 is 1.29 bits per heavy atom. The lowest BCUT2D eigenvalue weighted by atomic mass is 10.1. The number of para-hydroxylation sites is 1. The third-order valence-corrected chi connectivity index (χ3v) is 2.78. The monoisotopic (exact) mass is 229 g/mol. The average molecular weight is 229 g/mol. The van der Waals surface area contributed by atoms with Gasteiger partial charge in [-0.3, -0.25) is 4.68 Å². The van der Waals surface area contributed by atoms with Crippen LogP contribution in [0.2, 0.25) is 0 Å². The van der Waals surface area contributed by atoms with Crippen LogP contribution in [0.1, 0.15) is 24.5 Å². The minimum absolute atomic E-state index is 0.828. The van der Waals surface area contributed by atoms with Gasteiger partial charge in [0.25, 0.3) is 0 Å². The summed E-state index contributed by atoms with van der Waals surface area (Å²) in [5.41, 5.74) is 3.83. The van der Waals surface area contributed by atoms with Crippen molar-refractivity contribution < 1.29 is 0 Å². The Morgan fingerprint density at radius 2 is 2.12 bits per heavy atom. The molecule has 0 radical (unpaired) electrons. The van der Waals surface area contributed by atoms with E-state index in [0.29, 0.717) is 0 Å². The van der Waals surface area contributed by atoms with E-state index in [0.717, 1.165) is 13.0 Å². The second kappa shape index (κ2) is 5.53. The molecule has 2 rings (SSSR count). The molecule has 3 heteroatoms. The summed E-state index contributed by atoms with van der Waals surface area (Å²) in [5.74, 6) is 0. The molecular formula is C14H19N3. The number of rotatable bonds is 5. The highest BCUT2D eigenvalue weighted by Gasteiger charge is 2.01. The van der Waals surface area contributed by atoms with Crippen LogP contribution in [-0.4, -0.2) is 9.78 Å². The zero-order chi connectivity index (χ0) is 12.1. The fourth-order valence-corrected chi connectivity index (χ4v) is 1.94. The number of benzene rings is 1. The topological polar surface area (TPSA) is 29.9 Å². The van der Waals surface area contributed by atoms with Crippen LogP contribution in [0, 0.1) is 0 Å². The summed E-state index contributed by atoms with van der Waals surface area (Å²) in [6, 6.07) is 8.50. The zero-order valence-electron chi connectivity index (χ0n) is 10.5. The molecule has 0 unspecified atom stereocenters. The van der Waals surface area contributed by atoms with Crippen molar-refractivity contribution in [2.24, 2.45) is 7.05 Å². The Hall–Kier alpha value is -1.77. The first kappa shape index (κ1) is 11.7. The van der Waals surface area contributed by atoms with Gasteiger partial charge in [0.2, 0.25) is 0 Å². The first-order valence-corrected chi connectivity index (χ1v) is 6.09. The van der Waals surface area contributed by atoms with E-state index in [1.165, 1.54) is 23.2 Å². The van der Waals surface area contributed by atoms with E-state index in [9.17, 15) is 0 Å². The van der Waals surface area contributed by atoms with Gasteiger partial charge >= 0.3 is 0 Å². The van der Waals surface area contributed by atoms with Gasteiger partial charge in [0, 0.05) is 31.0 Å². The van der Waals surface area contributed by atoms with Gasteiger partial charge in [-0.25, -0.2) is 0 Å². The number of anilines is 1. The summed E-state index contributed by atoms with van der Waals surface area (Å²) in [6.07, 6.45) is 6.23. The molecule has 0 bridgehead atoms. The first-order chi connectivity index (χ1) is 8.29. The van der Waals surface area contributed by atoms with Crippen LogP contribution in [-0.2, 0) is 20.0 Å². The lowest BCUT2D eigenvalue weighted by Gasteiger charge is -2.10. The molecule has 0 aliphatic carbocycles. The van der Waals surface area contributed by atoms with Crippen molar-refractivity contribution in [3.63, 3.8) is 0 Å². The highest BCUT2D eigenvalue weighted by molar-refractivity contribution is 5.51. The molecular weight excluding hydrogens is 210 g/mol. The molecule has 0 saturated heterocycles. The molecule has 0 saturated carbocycles. The van der Waals surface area contributed by atoms with Crippen LogP contribution in [0.15, 0.2) is 36.7 Å². The SMILES string of the molecule is CCCc1ccccc1NCc1cnn(C)c1. The Labute approximate surface area is 102 Å². The molecule has 90 valence electrons. The van der Waals surface area contributed by atoms with Crippen molar-refractivity contribution in [1.82, 2.24) is 9.78 Å². The van der Waals surface area contributed by atoms with Gasteiger partial charge in [-0.15, -0.1) is 0 Å². The number of aromatic nitrogens is 2. The van der Waals surface area contributed by atoms with E-state index in [1.54, 1.807) is 0 Å². The molecule has 0 aliphatic rings. The molecule has 2 aromatic rings. The molecule has 0 amide bonds. The second-order valence-corrected chi connectivity index (χ2v) is 4.28. The second-order valence-electron chi connectivity index (χ2n) is 4.28. The third-order valence-electron chi connectivity index (χ3n) is 2.78. The standard InChI is InChI=1S/C14H19N3/c1-3-6-13-7-4-5-8-14(13)15-9-12-10-16-17(2)11-12/h4-5,7-8,10-11,15H,3,6,9H2,1-2H3. The van der Waals surface area contributed by atoms with Crippen molar-refractivity contribution in [2.45, 2.75) is 26.3 Å². The summed E-state index contributed by atoms with van der Waals surface area (Å²) in [5, 5.41) is 7.64. The molecule has 17 heavy (non-hydrogen) atoms. The molecule has 1 aromatic heterocycles. The van der Waals surface area contributed by atoms with Crippen molar-refractivity contribution in [1.29, 1.82) is 0 Å². The molecule has 1 aromatic carbocycles. The van der Waals surface area contributed by atoms with Crippen molar-refractivity contribution in [3.8, 4) is 0 Å². The van der Waals surface area contributed by atoms with Crippen LogP contribution < -0.4 is 5.32 Å². The van der Waals surface area contributed by atoms with Crippen LogP contribution in [0.25, 0.3) is 0 Å². The van der Waals surface area contributed by atoms with Gasteiger partial charge < -0.3 is 5.32 Å². The van der Waals surface area contributed by atoms with E-state index in [-0.39, 0.29) is 0 Å². The van der Waals surface area contributed by atoms with E-state index in [4.69, 9.17) is 0 Å². The maximum Gasteiger partial charge on any atom is 0.0539 e. The van der Waals surface area contributed by atoms with Crippen LogP contribution in [0.5, 0.6) is 0 Å². The van der Waals surface area contributed by atoms with E-state index in [2.05, 4.69) is 41.6 Å². The van der Waals surface area contributed by atoms with Crippen LogP contribution in [0.4, 0.5) is 5.69 Å². The van der Waals surface area contributed by atoms with E-state index < -0.39 is 0 Å². The van der Waals surface area contributed by atoms with Crippen molar-refractivity contribution >= 4 is 5.69 Å². The van der Waals surface area contributed by atoms with Crippen molar-refractivity contribution in [2.75, 3.05) is 5.32 Å². The highest BCUT2D eigenvalue weighted by atomic mass is 15.2. The molecule has 0 atom stereocenters. The molecule has 0 aliphatic heterocycles. The van der Waals surface area contributed by atoms with Gasteiger partial charge in [-0.05, 0) is 18.1 Å². The maximum atomic E-state index is 4.16. The Balaban J connectivity index is 2.03. The number of hydrogen-bond donors (Lipinski definition) is 1. The fraction of sp³-hybridized carbons (Fsp3) is 0.357. The lowest BCUT2D eigenvalue weighted by molar-refractivity contribution is 0.767. The Morgan fingerprint density at radius 3 is 2.82 bits per heavy atom. The highest BCUT2D eigenvalue weighted by Crippen LogP contribution is 2.17. The first-order valence-electron chi connectivity index (χ1n) is 6.09. The van der Waals surface area contributed by atoms with Crippen LogP contribution >= 0.6 is 0 Å². The summed E-state index contributed by atoms with van der Waals surface area (Å²) in [6.45, 7) is 3.03. The molecule has 1 N–H and O–H groups in total. The van der Waals surface area contributed by atoms with Gasteiger partial charge in [0.1, 0.15) is 0 Å². The Bertz CT molecular complexity index is 474. The fourth-order valence-electron chi connectivity index (χ4n) is 1.94. The Kier molecular flexibility index (Phi) is 3.81. The maximum absolute atomic E-state index is 4.16. The third kappa shape index (κ3) is 3.09. The smallest absolute Gasteiger partial charge is 0.0539 e. The molecule has 3 nitrogen and oxygen atoms in total. The number of nitrogens with one attached hydrogen (secondary N) is 1. The van der Waals surface area contributed by atoms with Gasteiger partial charge in [-0.2, -0.15) is 5.10 Å². The van der Waals surface area contributed by atoms with Gasteiger partial charge in [-0.1, -0.05) is 31.5 Å². The van der Waals surface area contributed by atoms with Crippen molar-refractivity contribution in [3.05, 3.63) is 47.8 Å². The molecule has 0 spiro atoms. The molecule has 1 heterocycles. The summed E-state index contributed by atoms with van der Waals surface area (Å²) in [7, 11) is 1.94. The van der Waals surface area contributed by atoms with Gasteiger partial charge in [0.05, 0.1) is 6.20 Å². The quantitative estimate of drug-likeness (QED) is 0.854. The average Bonchev–Trinajstić information content (AvgIpc) is 2.74. The number of hydrogen-bond acceptors (Lipinski definition) is 2. The minimum atomic E-state index is 0.828. The zero-order valence-corrected chi connectivity index (χ0v) is 10.5. The van der Waals surface area contributed by atoms with Gasteiger partial charge in [0.15, 0.2) is 0 Å². The molecule has 0 fully saturated rings. The minimum Gasteiger partial charge on any atom is -0.381 e. The summed E-state index contributed by atoms with van der Waals surface area (Å²) >= 11 is 0. The predicted octanol–water partition coefficient (Wildman–Crippen LogP) is 2.98. The van der Waals surface area contributed by atoms with E-state index in [1.807, 2.05) is 24.1 Å². The lowest BCUT2D eigenvalue weighted by Crippen LogP contribution is -2.01. The van der Waals surface area contributed by atoms with Crippen LogP contribution in [0.3, 0.4) is 0 Å². The normalized spacial score (nSPS) is 10.5. The summed E-state index contributed by atoms with van der Waals surface area (Å²) in [4.78, 5) is 0. The predicted molar refractivity (Wildman–Crippen MR) is 71.0 cm³/mol. The van der Waals surface area contributed by atoms with E-state index >= 15 is 0 Å². The number of aryl methyl sites for hydroxylation is 2. The summed E-state index contributed by atoms with van der Waals surface area (Å²) < 4.78 is 1.83. The number of nitrogens with zero attached hydrogens (tertiary/aromatic N) is 2.